The van der Waals surface area contributed by atoms with Gasteiger partial charge in [-0.05, 0) is 52.9 Å². The molecule has 0 aliphatic heterocycles. The molecule has 0 radical (unpaired) electrons. The summed E-state index contributed by atoms with van der Waals surface area (Å²) in [6.45, 7) is 4.27. The maximum atomic E-state index is 5.42. The number of methoxy groups -OCH3 is 1. The minimum absolute atomic E-state index is 0.852. The molecule has 2 rings (SSSR count). The second kappa shape index (κ2) is 5.72. The van der Waals surface area contributed by atoms with E-state index in [1.54, 1.807) is 7.11 Å². The number of hydrogen-bond acceptors (Lipinski definition) is 2. The van der Waals surface area contributed by atoms with Crippen molar-refractivity contribution in [3.63, 3.8) is 0 Å². The monoisotopic (exact) mass is 361 g/mol. The van der Waals surface area contributed by atoms with Gasteiger partial charge in [0.2, 0.25) is 0 Å². The van der Waals surface area contributed by atoms with Crippen molar-refractivity contribution in [2.45, 2.75) is 19.9 Å². The number of nitrogens with one attached hydrogen (secondary N) is 1. The summed E-state index contributed by atoms with van der Waals surface area (Å²) < 4.78 is 7.48. The Hall–Kier alpha value is -0.0600. The first-order valence-electron chi connectivity index (χ1n) is 5.84. The summed E-state index contributed by atoms with van der Waals surface area (Å²) in [5.74, 6) is 2.69. The van der Waals surface area contributed by atoms with E-state index in [9.17, 15) is 0 Å². The molecule has 2 atom stereocenters. The lowest BCUT2D eigenvalue weighted by Gasteiger charge is -2.12. The van der Waals surface area contributed by atoms with Gasteiger partial charge in [0, 0.05) is 16.6 Å². The highest BCUT2D eigenvalue weighted by Crippen LogP contribution is 2.37. The fourth-order valence-corrected chi connectivity index (χ4v) is 3.52. The van der Waals surface area contributed by atoms with Gasteiger partial charge in [-0.3, -0.25) is 0 Å². The van der Waals surface area contributed by atoms with Gasteiger partial charge in [-0.1, -0.05) is 22.9 Å². The van der Waals surface area contributed by atoms with E-state index in [1.165, 1.54) is 12.0 Å². The van der Waals surface area contributed by atoms with E-state index >= 15 is 0 Å². The largest absolute Gasteiger partial charge is 0.495 e. The molecule has 4 heteroatoms. The third-order valence-corrected chi connectivity index (χ3v) is 4.33. The molecule has 2 nitrogen and oxygen atoms in total. The molecule has 1 aliphatic carbocycles. The van der Waals surface area contributed by atoms with Gasteiger partial charge in [-0.2, -0.15) is 0 Å². The van der Waals surface area contributed by atoms with E-state index in [4.69, 9.17) is 4.74 Å². The van der Waals surface area contributed by atoms with Gasteiger partial charge >= 0.3 is 0 Å². The Kier molecular flexibility index (Phi) is 4.50. The summed E-state index contributed by atoms with van der Waals surface area (Å²) in [5.41, 5.74) is 1.18. The van der Waals surface area contributed by atoms with Crippen molar-refractivity contribution in [3.05, 3.63) is 26.6 Å². The summed E-state index contributed by atoms with van der Waals surface area (Å²) in [6, 6.07) is 4.11. The molecule has 0 aromatic heterocycles. The molecule has 0 saturated heterocycles. The molecule has 1 aromatic rings. The minimum atomic E-state index is 0.852. The number of benzene rings is 1. The molecular formula is C13H17Br2NO. The van der Waals surface area contributed by atoms with Crippen LogP contribution in [0.4, 0.5) is 0 Å². The topological polar surface area (TPSA) is 21.3 Å². The Balaban J connectivity index is 1.98. The van der Waals surface area contributed by atoms with E-state index in [0.717, 1.165) is 39.6 Å². The zero-order valence-corrected chi connectivity index (χ0v) is 13.3. The van der Waals surface area contributed by atoms with Gasteiger partial charge in [0.15, 0.2) is 0 Å². The highest BCUT2D eigenvalue weighted by Gasteiger charge is 2.31. The van der Waals surface area contributed by atoms with Crippen LogP contribution in [-0.2, 0) is 6.54 Å². The standard InChI is InChI=1S/C13H17Br2NO/c1-8-3-9(8)6-16-7-10-4-11(14)5-12(15)13(10)17-2/h4-5,8-9,16H,3,6-7H2,1-2H3. The molecule has 17 heavy (non-hydrogen) atoms. The van der Waals surface area contributed by atoms with E-state index in [2.05, 4.69) is 50.2 Å². The Bertz CT molecular complexity index is 409. The number of rotatable bonds is 5. The number of hydrogen-bond donors (Lipinski definition) is 1. The quantitative estimate of drug-likeness (QED) is 0.855. The third kappa shape index (κ3) is 3.46. The molecule has 2 unspecified atom stereocenters. The van der Waals surface area contributed by atoms with Crippen molar-refractivity contribution in [1.82, 2.24) is 5.32 Å². The fraction of sp³-hybridized carbons (Fsp3) is 0.538. The molecule has 94 valence electrons. The second-order valence-electron chi connectivity index (χ2n) is 4.68. The van der Waals surface area contributed by atoms with Crippen LogP contribution in [0.3, 0.4) is 0 Å². The first kappa shape index (κ1) is 13.4. The van der Waals surface area contributed by atoms with Crippen molar-refractivity contribution in [2.75, 3.05) is 13.7 Å². The van der Waals surface area contributed by atoms with Gasteiger partial charge in [0.25, 0.3) is 0 Å². The molecule has 1 saturated carbocycles. The van der Waals surface area contributed by atoms with Gasteiger partial charge in [-0.25, -0.2) is 0 Å². The molecular weight excluding hydrogens is 346 g/mol. The summed E-state index contributed by atoms with van der Waals surface area (Å²) in [7, 11) is 1.71. The van der Waals surface area contributed by atoms with Gasteiger partial charge < -0.3 is 10.1 Å². The second-order valence-corrected chi connectivity index (χ2v) is 6.45. The summed E-state index contributed by atoms with van der Waals surface area (Å²) >= 11 is 7.02. The average molecular weight is 363 g/mol. The lowest BCUT2D eigenvalue weighted by Crippen LogP contribution is -2.17. The van der Waals surface area contributed by atoms with Crippen molar-refractivity contribution in [2.24, 2.45) is 11.8 Å². The lowest BCUT2D eigenvalue weighted by atomic mass is 10.2. The van der Waals surface area contributed by atoms with E-state index in [0.29, 0.717) is 0 Å². The SMILES string of the molecule is COc1c(Br)cc(Br)cc1CNCC1CC1C. The molecule has 1 N–H and O–H groups in total. The molecule has 0 spiro atoms. The predicted molar refractivity (Wildman–Crippen MR) is 77.4 cm³/mol. The third-order valence-electron chi connectivity index (χ3n) is 3.29. The molecule has 1 fully saturated rings. The summed E-state index contributed by atoms with van der Waals surface area (Å²) in [6.07, 6.45) is 1.37. The van der Waals surface area contributed by atoms with E-state index < -0.39 is 0 Å². The Morgan fingerprint density at radius 2 is 2.12 bits per heavy atom. The van der Waals surface area contributed by atoms with Gasteiger partial charge in [0.05, 0.1) is 11.6 Å². The van der Waals surface area contributed by atoms with Gasteiger partial charge in [-0.15, -0.1) is 0 Å². The van der Waals surface area contributed by atoms with E-state index in [-0.39, 0.29) is 0 Å². The van der Waals surface area contributed by atoms with Crippen LogP contribution in [0.2, 0.25) is 0 Å². The maximum absolute atomic E-state index is 5.42. The Morgan fingerprint density at radius 1 is 1.41 bits per heavy atom. The van der Waals surface area contributed by atoms with Crippen molar-refractivity contribution in [1.29, 1.82) is 0 Å². The van der Waals surface area contributed by atoms with Crippen LogP contribution in [0, 0.1) is 11.8 Å². The smallest absolute Gasteiger partial charge is 0.137 e. The normalized spacial score (nSPS) is 22.6. The van der Waals surface area contributed by atoms with Crippen LogP contribution < -0.4 is 10.1 Å². The van der Waals surface area contributed by atoms with Crippen LogP contribution >= 0.6 is 31.9 Å². The van der Waals surface area contributed by atoms with Crippen LogP contribution in [0.1, 0.15) is 18.9 Å². The van der Waals surface area contributed by atoms with Crippen molar-refractivity contribution >= 4 is 31.9 Å². The van der Waals surface area contributed by atoms with Gasteiger partial charge in [0.1, 0.15) is 5.75 Å². The molecule has 1 aliphatic rings. The minimum Gasteiger partial charge on any atom is -0.495 e. The predicted octanol–water partition coefficient (Wildman–Crippen LogP) is 3.97. The molecule has 1 aromatic carbocycles. The van der Waals surface area contributed by atoms with Crippen molar-refractivity contribution in [3.8, 4) is 5.75 Å². The molecule has 0 bridgehead atoms. The first-order chi connectivity index (χ1) is 8.11. The Labute approximate surface area is 119 Å². The van der Waals surface area contributed by atoms with Crippen LogP contribution in [0.25, 0.3) is 0 Å². The first-order valence-corrected chi connectivity index (χ1v) is 7.43. The van der Waals surface area contributed by atoms with Crippen LogP contribution in [-0.4, -0.2) is 13.7 Å². The molecule has 0 heterocycles. The van der Waals surface area contributed by atoms with Crippen molar-refractivity contribution < 1.29 is 4.74 Å². The van der Waals surface area contributed by atoms with E-state index in [1.807, 2.05) is 6.07 Å². The highest BCUT2D eigenvalue weighted by atomic mass is 79.9. The Morgan fingerprint density at radius 3 is 2.71 bits per heavy atom. The maximum Gasteiger partial charge on any atom is 0.137 e. The molecule has 0 amide bonds. The average Bonchev–Trinajstić information content (AvgIpc) is 2.94. The highest BCUT2D eigenvalue weighted by molar-refractivity contribution is 9.11. The lowest BCUT2D eigenvalue weighted by molar-refractivity contribution is 0.404. The van der Waals surface area contributed by atoms with Crippen LogP contribution in [0.5, 0.6) is 5.75 Å². The summed E-state index contributed by atoms with van der Waals surface area (Å²) in [5, 5.41) is 3.50. The number of ether oxygens (including phenoxy) is 1. The number of halogens is 2. The fourth-order valence-electron chi connectivity index (χ4n) is 2.05. The zero-order chi connectivity index (χ0) is 12.4. The zero-order valence-electron chi connectivity index (χ0n) is 10.1. The summed E-state index contributed by atoms with van der Waals surface area (Å²) in [4.78, 5) is 0. The van der Waals surface area contributed by atoms with Crippen LogP contribution in [0.15, 0.2) is 21.1 Å².